The monoisotopic (exact) mass is 264 g/mol. The Morgan fingerprint density at radius 1 is 1.47 bits per heavy atom. The highest BCUT2D eigenvalue weighted by Gasteiger charge is 2.21. The molecule has 1 aromatic carbocycles. The molecule has 4 heteroatoms. The van der Waals surface area contributed by atoms with Crippen LogP contribution in [0.5, 0.6) is 0 Å². The number of nitrogens with zero attached hydrogens (tertiary/aromatic N) is 1. The minimum absolute atomic E-state index is 0.0669. The van der Waals surface area contributed by atoms with Crippen molar-refractivity contribution in [1.29, 1.82) is 0 Å². The van der Waals surface area contributed by atoms with Gasteiger partial charge in [-0.05, 0) is 50.4 Å². The number of rotatable bonds is 3. The molecule has 1 fully saturated rings. The Morgan fingerprint density at radius 2 is 2.26 bits per heavy atom. The molecule has 0 spiro atoms. The maximum atomic E-state index is 13.3. The second-order valence-electron chi connectivity index (χ2n) is 5.27. The van der Waals surface area contributed by atoms with Gasteiger partial charge in [-0.25, -0.2) is 4.39 Å². The molecule has 1 heterocycles. The molecule has 1 unspecified atom stereocenters. The number of halogens is 1. The van der Waals surface area contributed by atoms with E-state index >= 15 is 0 Å². The quantitative estimate of drug-likeness (QED) is 0.910. The lowest BCUT2D eigenvalue weighted by Crippen LogP contribution is -2.41. The molecule has 0 radical (unpaired) electrons. The first-order chi connectivity index (χ1) is 9.06. The lowest BCUT2D eigenvalue weighted by Gasteiger charge is -2.28. The Hall–Kier alpha value is -1.42. The number of aryl methyl sites for hydroxylation is 1. The van der Waals surface area contributed by atoms with Gasteiger partial charge in [-0.1, -0.05) is 12.1 Å². The average Bonchev–Trinajstić information content (AvgIpc) is 2.35. The summed E-state index contributed by atoms with van der Waals surface area (Å²) in [4.78, 5) is 13.9. The number of hydrogen-bond acceptors (Lipinski definition) is 2. The van der Waals surface area contributed by atoms with Crippen molar-refractivity contribution in [3.05, 3.63) is 29.3 Å². The number of carbonyl (C=O) groups is 1. The molecule has 1 amide bonds. The van der Waals surface area contributed by atoms with Gasteiger partial charge in [0.1, 0.15) is 6.17 Å². The fourth-order valence-electron chi connectivity index (χ4n) is 2.42. The third kappa shape index (κ3) is 3.77. The van der Waals surface area contributed by atoms with E-state index in [2.05, 4.69) is 5.32 Å². The normalized spacial score (nSPS) is 20.3. The van der Waals surface area contributed by atoms with E-state index in [0.29, 0.717) is 13.0 Å². The molecule has 1 N–H and O–H groups in total. The predicted octanol–water partition coefficient (Wildman–Crippen LogP) is 2.68. The third-order valence-corrected chi connectivity index (χ3v) is 3.69. The summed E-state index contributed by atoms with van der Waals surface area (Å²) in [5.41, 5.74) is 3.08. The Kier molecular flexibility index (Phi) is 4.53. The summed E-state index contributed by atoms with van der Waals surface area (Å²) in [5.74, 6) is -0.0669. The summed E-state index contributed by atoms with van der Waals surface area (Å²) < 4.78 is 13.3. The van der Waals surface area contributed by atoms with E-state index in [1.54, 1.807) is 0 Å². The summed E-state index contributed by atoms with van der Waals surface area (Å²) in [6.07, 6.45) is 0.662. The van der Waals surface area contributed by atoms with Crippen LogP contribution in [0.3, 0.4) is 0 Å². The molecule has 19 heavy (non-hydrogen) atoms. The number of piperidine rings is 1. The van der Waals surface area contributed by atoms with Gasteiger partial charge in [-0.3, -0.25) is 9.69 Å². The summed E-state index contributed by atoms with van der Waals surface area (Å²) in [5, 5.41) is 2.91. The zero-order valence-corrected chi connectivity index (χ0v) is 11.6. The second kappa shape index (κ2) is 6.15. The molecule has 0 aliphatic carbocycles. The third-order valence-electron chi connectivity index (χ3n) is 3.69. The molecule has 2 rings (SSSR count). The fraction of sp³-hybridized carbons (Fsp3) is 0.533. The van der Waals surface area contributed by atoms with E-state index in [1.165, 1.54) is 0 Å². The van der Waals surface area contributed by atoms with Crippen LogP contribution in [0.2, 0.25) is 0 Å². The maximum Gasteiger partial charge on any atom is 0.238 e. The number of hydrogen-bond donors (Lipinski definition) is 1. The van der Waals surface area contributed by atoms with Crippen molar-refractivity contribution >= 4 is 11.6 Å². The highest BCUT2D eigenvalue weighted by Crippen LogP contribution is 2.18. The van der Waals surface area contributed by atoms with Crippen molar-refractivity contribution in [3.8, 4) is 0 Å². The van der Waals surface area contributed by atoms with Crippen LogP contribution in [-0.4, -0.2) is 36.6 Å². The number of anilines is 1. The predicted molar refractivity (Wildman–Crippen MR) is 75.1 cm³/mol. The first kappa shape index (κ1) is 14.0. The van der Waals surface area contributed by atoms with Gasteiger partial charge in [0.15, 0.2) is 0 Å². The first-order valence-corrected chi connectivity index (χ1v) is 6.79. The van der Waals surface area contributed by atoms with Crippen LogP contribution in [-0.2, 0) is 4.79 Å². The standard InChI is InChI=1S/C15H21FN2O/c1-11-5-3-7-14(12(11)2)17-15(19)10-18-8-4-6-13(16)9-18/h3,5,7,13H,4,6,8-10H2,1-2H3,(H,17,19). The van der Waals surface area contributed by atoms with Crippen molar-refractivity contribution < 1.29 is 9.18 Å². The lowest BCUT2D eigenvalue weighted by molar-refractivity contribution is -0.117. The number of amides is 1. The van der Waals surface area contributed by atoms with Crippen molar-refractivity contribution in [1.82, 2.24) is 4.90 Å². The highest BCUT2D eigenvalue weighted by atomic mass is 19.1. The van der Waals surface area contributed by atoms with Gasteiger partial charge >= 0.3 is 0 Å². The molecule has 0 saturated carbocycles. The molecule has 1 aliphatic rings. The van der Waals surface area contributed by atoms with Crippen LogP contribution in [0.25, 0.3) is 0 Å². The molecule has 1 atom stereocenters. The summed E-state index contributed by atoms with van der Waals surface area (Å²) >= 11 is 0. The van der Waals surface area contributed by atoms with Crippen molar-refractivity contribution in [2.75, 3.05) is 25.0 Å². The van der Waals surface area contributed by atoms with Gasteiger partial charge in [0, 0.05) is 12.2 Å². The topological polar surface area (TPSA) is 32.3 Å². The van der Waals surface area contributed by atoms with Gasteiger partial charge in [-0.15, -0.1) is 0 Å². The van der Waals surface area contributed by atoms with Gasteiger partial charge in [0.05, 0.1) is 6.54 Å². The molecule has 3 nitrogen and oxygen atoms in total. The summed E-state index contributed by atoms with van der Waals surface area (Å²) in [6.45, 7) is 5.46. The average molecular weight is 264 g/mol. The van der Waals surface area contributed by atoms with Crippen molar-refractivity contribution in [2.45, 2.75) is 32.9 Å². The minimum Gasteiger partial charge on any atom is -0.325 e. The van der Waals surface area contributed by atoms with Crippen LogP contribution in [0.4, 0.5) is 10.1 Å². The maximum absolute atomic E-state index is 13.3. The molecule has 104 valence electrons. The molecule has 1 saturated heterocycles. The molecular weight excluding hydrogens is 243 g/mol. The first-order valence-electron chi connectivity index (χ1n) is 6.79. The van der Waals surface area contributed by atoms with Gasteiger partial charge in [0.2, 0.25) is 5.91 Å². The zero-order chi connectivity index (χ0) is 13.8. The van der Waals surface area contributed by atoms with E-state index in [4.69, 9.17) is 0 Å². The number of likely N-dealkylation sites (tertiary alicyclic amines) is 1. The van der Waals surface area contributed by atoms with Gasteiger partial charge in [-0.2, -0.15) is 0 Å². The molecular formula is C15H21FN2O. The SMILES string of the molecule is Cc1cccc(NC(=O)CN2CCCC(F)C2)c1C. The molecule has 0 bridgehead atoms. The highest BCUT2D eigenvalue weighted by molar-refractivity contribution is 5.93. The molecule has 1 aliphatic heterocycles. The zero-order valence-electron chi connectivity index (χ0n) is 11.6. The largest absolute Gasteiger partial charge is 0.325 e. The Balaban J connectivity index is 1.92. The Labute approximate surface area is 113 Å². The van der Waals surface area contributed by atoms with Gasteiger partial charge < -0.3 is 5.32 Å². The summed E-state index contributed by atoms with van der Waals surface area (Å²) in [7, 11) is 0. The van der Waals surface area contributed by atoms with E-state index in [-0.39, 0.29) is 12.5 Å². The Bertz CT molecular complexity index is 461. The molecule has 0 aromatic heterocycles. The minimum atomic E-state index is -0.790. The molecule has 1 aromatic rings. The van der Waals surface area contributed by atoms with E-state index < -0.39 is 6.17 Å². The fourth-order valence-corrected chi connectivity index (χ4v) is 2.42. The summed E-state index contributed by atoms with van der Waals surface area (Å²) in [6, 6.07) is 5.84. The van der Waals surface area contributed by atoms with Crippen LogP contribution in [0.15, 0.2) is 18.2 Å². The number of carbonyl (C=O) groups excluding carboxylic acids is 1. The smallest absolute Gasteiger partial charge is 0.238 e. The van der Waals surface area contributed by atoms with Crippen LogP contribution >= 0.6 is 0 Å². The van der Waals surface area contributed by atoms with Crippen LogP contribution in [0, 0.1) is 13.8 Å². The van der Waals surface area contributed by atoms with E-state index in [9.17, 15) is 9.18 Å². The van der Waals surface area contributed by atoms with Crippen LogP contribution < -0.4 is 5.32 Å². The lowest BCUT2D eigenvalue weighted by atomic mass is 10.1. The van der Waals surface area contributed by atoms with E-state index in [0.717, 1.165) is 29.8 Å². The second-order valence-corrected chi connectivity index (χ2v) is 5.27. The number of alkyl halides is 1. The van der Waals surface area contributed by atoms with Gasteiger partial charge in [0.25, 0.3) is 0 Å². The number of benzene rings is 1. The van der Waals surface area contributed by atoms with Crippen LogP contribution in [0.1, 0.15) is 24.0 Å². The van der Waals surface area contributed by atoms with E-state index in [1.807, 2.05) is 36.9 Å². The van der Waals surface area contributed by atoms with Crippen molar-refractivity contribution in [2.24, 2.45) is 0 Å². The number of nitrogens with one attached hydrogen (secondary N) is 1. The van der Waals surface area contributed by atoms with Crippen molar-refractivity contribution in [3.63, 3.8) is 0 Å². The Morgan fingerprint density at radius 3 is 3.00 bits per heavy atom.